The van der Waals surface area contributed by atoms with Gasteiger partial charge in [0.25, 0.3) is 0 Å². The summed E-state index contributed by atoms with van der Waals surface area (Å²) in [6.45, 7) is 3.43. The first-order valence-electron chi connectivity index (χ1n) is 7.76. The van der Waals surface area contributed by atoms with Gasteiger partial charge in [0.15, 0.2) is 0 Å². The summed E-state index contributed by atoms with van der Waals surface area (Å²) in [6.07, 6.45) is 11.1. The van der Waals surface area contributed by atoms with Crippen LogP contribution in [0.1, 0.15) is 50.5 Å². The first kappa shape index (κ1) is 18.0. The lowest BCUT2D eigenvalue weighted by atomic mass is 10.0. The Morgan fingerprint density at radius 1 is 1.05 bits per heavy atom. The molecule has 0 heterocycles. The van der Waals surface area contributed by atoms with E-state index in [0.717, 1.165) is 23.7 Å². The number of benzene rings is 1. The fourth-order valence-corrected chi connectivity index (χ4v) is 2.65. The van der Waals surface area contributed by atoms with E-state index in [0.29, 0.717) is 5.75 Å². The number of carbonyl (C=O) groups excluding carboxylic acids is 1. The molecule has 0 aromatic heterocycles. The first-order chi connectivity index (χ1) is 10.3. The summed E-state index contributed by atoms with van der Waals surface area (Å²) < 4.78 is 5.26. The highest BCUT2D eigenvalue weighted by molar-refractivity contribution is 9.09. The van der Waals surface area contributed by atoms with E-state index in [-0.39, 0.29) is 0 Å². The van der Waals surface area contributed by atoms with Gasteiger partial charge in [0, 0.05) is 11.4 Å². The van der Waals surface area contributed by atoms with E-state index < -0.39 is 5.97 Å². The Bertz CT molecular complexity index is 429. The fourth-order valence-electron chi connectivity index (χ4n) is 2.25. The van der Waals surface area contributed by atoms with E-state index in [1.807, 2.05) is 24.3 Å². The Kier molecular flexibility index (Phi) is 9.88. The number of para-hydroxylation sites is 1. The first-order valence-corrected chi connectivity index (χ1v) is 8.88. The highest BCUT2D eigenvalue weighted by Crippen LogP contribution is 2.21. The normalized spacial score (nSPS) is 10.3. The maximum atomic E-state index is 11.3. The van der Waals surface area contributed by atoms with Gasteiger partial charge in [0.2, 0.25) is 0 Å². The van der Waals surface area contributed by atoms with Crippen LogP contribution < -0.4 is 4.74 Å². The smallest absolute Gasteiger partial charge is 0.335 e. The van der Waals surface area contributed by atoms with Crippen molar-refractivity contribution < 1.29 is 9.53 Å². The zero-order valence-electron chi connectivity index (χ0n) is 12.7. The van der Waals surface area contributed by atoms with Crippen molar-refractivity contribution in [3.8, 4) is 5.75 Å². The minimum atomic E-state index is -0.394. The molecule has 0 aliphatic rings. The number of rotatable bonds is 11. The van der Waals surface area contributed by atoms with Crippen LogP contribution in [-0.2, 0) is 11.2 Å². The Balaban J connectivity index is 2.25. The number of esters is 1. The van der Waals surface area contributed by atoms with Crippen molar-refractivity contribution in [3.05, 3.63) is 42.5 Å². The summed E-state index contributed by atoms with van der Waals surface area (Å²) in [5.74, 6) is 0.272. The van der Waals surface area contributed by atoms with Gasteiger partial charge < -0.3 is 4.74 Å². The van der Waals surface area contributed by atoms with Gasteiger partial charge in [0.05, 0.1) is 0 Å². The summed E-state index contributed by atoms with van der Waals surface area (Å²) in [5, 5.41) is 1.12. The van der Waals surface area contributed by atoms with Gasteiger partial charge in [-0.25, -0.2) is 4.79 Å². The highest BCUT2D eigenvalue weighted by atomic mass is 79.9. The topological polar surface area (TPSA) is 26.3 Å². The molecule has 116 valence electrons. The summed E-state index contributed by atoms with van der Waals surface area (Å²) in [6, 6.07) is 7.75. The molecule has 0 fully saturated rings. The van der Waals surface area contributed by atoms with Gasteiger partial charge in [-0.05, 0) is 30.9 Å². The Hall–Kier alpha value is -1.09. The number of ether oxygens (including phenoxy) is 1. The minimum Gasteiger partial charge on any atom is -0.423 e. The second-order valence-electron chi connectivity index (χ2n) is 5.15. The second-order valence-corrected chi connectivity index (χ2v) is 5.94. The zero-order valence-corrected chi connectivity index (χ0v) is 14.2. The molecule has 0 atom stereocenters. The van der Waals surface area contributed by atoms with Crippen LogP contribution in [0.5, 0.6) is 5.75 Å². The van der Waals surface area contributed by atoms with Gasteiger partial charge in [-0.3, -0.25) is 0 Å². The standard InChI is InChI=1S/C18H25BrO2/c1-2-18(20)21-17-14-10-9-13-16(17)12-8-6-4-3-5-7-11-15-19/h2,9-10,13-14H,1,3-8,11-12,15H2. The molecule has 0 spiro atoms. The molecule has 1 rings (SSSR count). The number of alkyl halides is 1. The second kappa shape index (κ2) is 11.6. The SMILES string of the molecule is C=CC(=O)Oc1ccccc1CCCCCCCCCBr. The minimum absolute atomic E-state index is 0.394. The van der Waals surface area contributed by atoms with Crippen LogP contribution in [0.15, 0.2) is 36.9 Å². The van der Waals surface area contributed by atoms with Crippen molar-refractivity contribution in [2.75, 3.05) is 5.33 Å². The maximum absolute atomic E-state index is 11.3. The lowest BCUT2D eigenvalue weighted by molar-refractivity contribution is -0.129. The predicted molar refractivity (Wildman–Crippen MR) is 92.1 cm³/mol. The van der Waals surface area contributed by atoms with Gasteiger partial charge in [0.1, 0.15) is 5.75 Å². The molecular weight excluding hydrogens is 328 g/mol. The van der Waals surface area contributed by atoms with Crippen LogP contribution in [0.3, 0.4) is 0 Å². The molecule has 2 nitrogen and oxygen atoms in total. The lowest BCUT2D eigenvalue weighted by Gasteiger charge is -2.08. The molecule has 1 aromatic carbocycles. The molecule has 0 saturated carbocycles. The van der Waals surface area contributed by atoms with E-state index in [1.54, 1.807) is 0 Å². The number of carbonyl (C=O) groups is 1. The van der Waals surface area contributed by atoms with Crippen LogP contribution in [-0.4, -0.2) is 11.3 Å². The fraction of sp³-hybridized carbons (Fsp3) is 0.500. The van der Waals surface area contributed by atoms with Gasteiger partial charge in [-0.1, -0.05) is 72.8 Å². The number of hydrogen-bond donors (Lipinski definition) is 0. The quantitative estimate of drug-likeness (QED) is 0.174. The molecule has 0 N–H and O–H groups in total. The van der Waals surface area contributed by atoms with Crippen molar-refractivity contribution in [3.63, 3.8) is 0 Å². The number of halogens is 1. The summed E-state index contributed by atoms with van der Waals surface area (Å²) in [7, 11) is 0. The van der Waals surface area contributed by atoms with E-state index in [4.69, 9.17) is 4.74 Å². The molecule has 1 aromatic rings. The summed E-state index contributed by atoms with van der Waals surface area (Å²) in [5.41, 5.74) is 1.10. The van der Waals surface area contributed by atoms with Crippen LogP contribution >= 0.6 is 15.9 Å². The van der Waals surface area contributed by atoms with Gasteiger partial charge >= 0.3 is 5.97 Å². The highest BCUT2D eigenvalue weighted by Gasteiger charge is 2.05. The molecule has 0 saturated heterocycles. The Labute approximate surface area is 136 Å². The largest absolute Gasteiger partial charge is 0.423 e. The molecule has 0 aliphatic carbocycles. The monoisotopic (exact) mass is 352 g/mol. The predicted octanol–water partition coefficient (Wildman–Crippen LogP) is 5.45. The molecule has 0 radical (unpaired) electrons. The van der Waals surface area contributed by atoms with Crippen LogP contribution in [0.25, 0.3) is 0 Å². The molecule has 3 heteroatoms. The number of unbranched alkanes of at least 4 members (excludes halogenated alkanes) is 6. The van der Waals surface area contributed by atoms with Crippen molar-refractivity contribution in [2.24, 2.45) is 0 Å². The molecular formula is C18H25BrO2. The average molecular weight is 353 g/mol. The molecule has 0 aliphatic heterocycles. The Morgan fingerprint density at radius 3 is 2.33 bits per heavy atom. The van der Waals surface area contributed by atoms with Crippen molar-refractivity contribution >= 4 is 21.9 Å². The van der Waals surface area contributed by atoms with E-state index >= 15 is 0 Å². The number of hydrogen-bond acceptors (Lipinski definition) is 2. The third-order valence-electron chi connectivity index (χ3n) is 3.43. The van der Waals surface area contributed by atoms with Crippen LogP contribution in [0, 0.1) is 0 Å². The molecule has 0 bridgehead atoms. The lowest BCUT2D eigenvalue weighted by Crippen LogP contribution is -2.05. The van der Waals surface area contributed by atoms with Crippen LogP contribution in [0.4, 0.5) is 0 Å². The Morgan fingerprint density at radius 2 is 1.67 bits per heavy atom. The van der Waals surface area contributed by atoms with Crippen molar-refractivity contribution in [1.29, 1.82) is 0 Å². The van der Waals surface area contributed by atoms with Crippen molar-refractivity contribution in [1.82, 2.24) is 0 Å². The third kappa shape index (κ3) is 8.05. The van der Waals surface area contributed by atoms with E-state index in [1.165, 1.54) is 44.6 Å². The summed E-state index contributed by atoms with van der Waals surface area (Å²) >= 11 is 3.46. The van der Waals surface area contributed by atoms with Crippen LogP contribution in [0.2, 0.25) is 0 Å². The third-order valence-corrected chi connectivity index (χ3v) is 3.99. The van der Waals surface area contributed by atoms with Crippen molar-refractivity contribution in [2.45, 2.75) is 51.4 Å². The summed E-state index contributed by atoms with van der Waals surface area (Å²) in [4.78, 5) is 11.3. The maximum Gasteiger partial charge on any atom is 0.335 e. The zero-order chi connectivity index (χ0) is 15.3. The van der Waals surface area contributed by atoms with E-state index in [9.17, 15) is 4.79 Å². The number of aryl methyl sites for hydroxylation is 1. The van der Waals surface area contributed by atoms with Gasteiger partial charge in [-0.15, -0.1) is 0 Å². The van der Waals surface area contributed by atoms with E-state index in [2.05, 4.69) is 22.5 Å². The molecule has 0 amide bonds. The molecule has 0 unspecified atom stereocenters. The average Bonchev–Trinajstić information content (AvgIpc) is 2.51. The molecule has 21 heavy (non-hydrogen) atoms. The van der Waals surface area contributed by atoms with Gasteiger partial charge in [-0.2, -0.15) is 0 Å².